The molecule has 1 heterocycles. The molecule has 4 N–H and O–H groups in total. The molecule has 1 rings (SSSR count). The van der Waals surface area contributed by atoms with Crippen molar-refractivity contribution in [1.29, 1.82) is 0 Å². The molecule has 0 aromatic carbocycles. The molecular formula is C6H12O8S. The lowest BCUT2D eigenvalue weighted by molar-refractivity contribution is -0.268. The molecule has 9 heteroatoms. The van der Waals surface area contributed by atoms with E-state index < -0.39 is 41.1 Å². The van der Waals surface area contributed by atoms with Gasteiger partial charge in [-0.15, -0.1) is 0 Å². The summed E-state index contributed by atoms with van der Waals surface area (Å²) in [6, 6.07) is 0. The zero-order chi connectivity index (χ0) is 11.8. The van der Waals surface area contributed by atoms with Gasteiger partial charge in [0, 0.05) is 0 Å². The van der Waals surface area contributed by atoms with E-state index in [4.69, 9.17) is 9.29 Å². The van der Waals surface area contributed by atoms with E-state index in [0.717, 1.165) is 0 Å². The minimum absolute atomic E-state index is 0.935. The summed E-state index contributed by atoms with van der Waals surface area (Å²) >= 11 is 0. The third-order valence-corrected chi connectivity index (χ3v) is 2.46. The summed E-state index contributed by atoms with van der Waals surface area (Å²) in [4.78, 5) is 0. The van der Waals surface area contributed by atoms with Gasteiger partial charge in [0.25, 0.3) is 0 Å². The highest BCUT2D eigenvalue weighted by Gasteiger charge is 2.44. The molecule has 0 aromatic rings. The van der Waals surface area contributed by atoms with Crippen molar-refractivity contribution >= 4 is 10.4 Å². The van der Waals surface area contributed by atoms with Crippen LogP contribution in [-0.4, -0.2) is 59.0 Å². The Hall–Kier alpha value is -0.290. The minimum atomic E-state index is -4.80. The zero-order valence-electron chi connectivity index (χ0n) is 7.72. The van der Waals surface area contributed by atoms with Gasteiger partial charge in [-0.1, -0.05) is 0 Å². The second-order valence-electron chi connectivity index (χ2n) is 3.21. The van der Waals surface area contributed by atoms with Crippen LogP contribution in [0.2, 0.25) is 0 Å². The van der Waals surface area contributed by atoms with Crippen LogP contribution < -0.4 is 0 Å². The van der Waals surface area contributed by atoms with Gasteiger partial charge in [-0.2, -0.15) is 8.42 Å². The molecule has 0 radical (unpaired) electrons. The van der Waals surface area contributed by atoms with Crippen molar-refractivity contribution in [3.05, 3.63) is 0 Å². The van der Waals surface area contributed by atoms with Crippen molar-refractivity contribution in [2.45, 2.75) is 37.6 Å². The molecule has 0 aromatic heterocycles. The van der Waals surface area contributed by atoms with Gasteiger partial charge in [0.05, 0.1) is 6.10 Å². The predicted molar refractivity (Wildman–Crippen MR) is 45.0 cm³/mol. The van der Waals surface area contributed by atoms with Gasteiger partial charge >= 0.3 is 10.4 Å². The molecule has 0 aliphatic carbocycles. The minimum Gasteiger partial charge on any atom is -0.388 e. The Balaban J connectivity index is 2.75. The molecule has 1 unspecified atom stereocenters. The topological polar surface area (TPSA) is 134 Å². The third kappa shape index (κ3) is 3.08. The molecule has 1 aliphatic rings. The molecule has 15 heavy (non-hydrogen) atoms. The number of hydrogen-bond acceptors (Lipinski definition) is 7. The molecule has 0 saturated carbocycles. The van der Waals surface area contributed by atoms with Crippen molar-refractivity contribution in [2.24, 2.45) is 0 Å². The summed E-state index contributed by atoms with van der Waals surface area (Å²) in [5, 5.41) is 27.7. The highest BCUT2D eigenvalue weighted by Crippen LogP contribution is 2.22. The van der Waals surface area contributed by atoms with E-state index in [1.807, 2.05) is 0 Å². The highest BCUT2D eigenvalue weighted by atomic mass is 32.3. The lowest BCUT2D eigenvalue weighted by Crippen LogP contribution is -2.57. The zero-order valence-corrected chi connectivity index (χ0v) is 8.53. The van der Waals surface area contributed by atoms with Crippen molar-refractivity contribution < 1.29 is 37.2 Å². The molecule has 1 aliphatic heterocycles. The largest absolute Gasteiger partial charge is 0.399 e. The Morgan fingerprint density at radius 2 is 1.67 bits per heavy atom. The normalized spacial score (nSPS) is 42.9. The van der Waals surface area contributed by atoms with Crippen LogP contribution in [0, 0.1) is 0 Å². The smallest absolute Gasteiger partial charge is 0.388 e. The number of hydrogen-bond donors (Lipinski definition) is 4. The summed E-state index contributed by atoms with van der Waals surface area (Å²) in [6.45, 7) is 1.35. The number of rotatable bonds is 2. The Labute approximate surface area is 86.0 Å². The van der Waals surface area contributed by atoms with E-state index in [1.54, 1.807) is 0 Å². The molecule has 0 amide bonds. The summed E-state index contributed by atoms with van der Waals surface area (Å²) < 4.78 is 37.7. The van der Waals surface area contributed by atoms with Gasteiger partial charge in [-0.25, -0.2) is 4.18 Å². The second kappa shape index (κ2) is 4.29. The fraction of sp³-hybridized carbons (Fsp3) is 1.00. The lowest BCUT2D eigenvalue weighted by atomic mass is 10.0. The number of aliphatic hydroxyl groups excluding tert-OH is 3. The summed E-state index contributed by atoms with van der Waals surface area (Å²) in [5.41, 5.74) is 0. The van der Waals surface area contributed by atoms with E-state index in [2.05, 4.69) is 4.18 Å². The second-order valence-corrected chi connectivity index (χ2v) is 4.25. The van der Waals surface area contributed by atoms with Gasteiger partial charge in [-0.3, -0.25) is 4.55 Å². The first kappa shape index (κ1) is 12.8. The maximum atomic E-state index is 10.3. The monoisotopic (exact) mass is 244 g/mol. The Kier molecular flexibility index (Phi) is 3.66. The van der Waals surface area contributed by atoms with Gasteiger partial charge in [-0.05, 0) is 6.92 Å². The van der Waals surface area contributed by atoms with Crippen LogP contribution in [-0.2, 0) is 19.3 Å². The van der Waals surface area contributed by atoms with Crippen molar-refractivity contribution in [1.82, 2.24) is 0 Å². The third-order valence-electron chi connectivity index (χ3n) is 2.02. The van der Waals surface area contributed by atoms with E-state index in [1.165, 1.54) is 6.92 Å². The van der Waals surface area contributed by atoms with Crippen LogP contribution in [0.1, 0.15) is 6.92 Å². The van der Waals surface area contributed by atoms with E-state index in [0.29, 0.717) is 0 Å². The Morgan fingerprint density at radius 1 is 1.13 bits per heavy atom. The van der Waals surface area contributed by atoms with Crippen molar-refractivity contribution in [3.8, 4) is 0 Å². The fourth-order valence-electron chi connectivity index (χ4n) is 1.21. The average Bonchev–Trinajstić information content (AvgIpc) is 2.08. The first-order chi connectivity index (χ1) is 6.72. The first-order valence-corrected chi connectivity index (χ1v) is 5.44. The summed E-state index contributed by atoms with van der Waals surface area (Å²) in [7, 11) is -4.80. The summed E-state index contributed by atoms with van der Waals surface area (Å²) in [5.74, 6) is 0. The van der Waals surface area contributed by atoms with Gasteiger partial charge in [0.2, 0.25) is 6.29 Å². The molecule has 0 spiro atoms. The van der Waals surface area contributed by atoms with E-state index >= 15 is 0 Å². The maximum absolute atomic E-state index is 10.3. The molecule has 1 saturated heterocycles. The lowest BCUT2D eigenvalue weighted by Gasteiger charge is -2.37. The molecule has 5 atom stereocenters. The maximum Gasteiger partial charge on any atom is 0.399 e. The van der Waals surface area contributed by atoms with Crippen LogP contribution in [0.25, 0.3) is 0 Å². The molecule has 8 nitrogen and oxygen atoms in total. The average molecular weight is 244 g/mol. The van der Waals surface area contributed by atoms with Gasteiger partial charge in [0.15, 0.2) is 0 Å². The number of ether oxygens (including phenoxy) is 1. The Morgan fingerprint density at radius 3 is 2.13 bits per heavy atom. The van der Waals surface area contributed by atoms with E-state index in [9.17, 15) is 23.7 Å². The Bertz CT molecular complexity index is 313. The SMILES string of the molecule is C[C@H]1OC(OS(=O)(=O)O)[C@H](O)[C@@H](O)[C@H]1O. The quantitative estimate of drug-likeness (QED) is 0.396. The van der Waals surface area contributed by atoms with E-state index in [-0.39, 0.29) is 0 Å². The molecule has 1 fully saturated rings. The first-order valence-electron chi connectivity index (χ1n) is 4.07. The van der Waals surface area contributed by atoms with Crippen LogP contribution in [0.3, 0.4) is 0 Å². The van der Waals surface area contributed by atoms with Gasteiger partial charge < -0.3 is 20.1 Å². The molecular weight excluding hydrogens is 232 g/mol. The predicted octanol–water partition coefficient (Wildman–Crippen LogP) is -2.37. The van der Waals surface area contributed by atoms with Crippen molar-refractivity contribution in [3.63, 3.8) is 0 Å². The molecule has 0 bridgehead atoms. The van der Waals surface area contributed by atoms with Crippen LogP contribution >= 0.6 is 0 Å². The van der Waals surface area contributed by atoms with Crippen LogP contribution in [0.15, 0.2) is 0 Å². The van der Waals surface area contributed by atoms with Crippen molar-refractivity contribution in [2.75, 3.05) is 0 Å². The number of aliphatic hydroxyl groups is 3. The van der Waals surface area contributed by atoms with Crippen LogP contribution in [0.5, 0.6) is 0 Å². The summed E-state index contributed by atoms with van der Waals surface area (Å²) in [6.07, 6.45) is -7.41. The van der Waals surface area contributed by atoms with Gasteiger partial charge in [0.1, 0.15) is 18.3 Å². The highest BCUT2D eigenvalue weighted by molar-refractivity contribution is 7.80. The molecule has 90 valence electrons. The standard InChI is InChI=1S/C6H12O8S/c1-2-3(7)4(8)5(9)6(13-2)14-15(10,11)12/h2-9H,1H3,(H,10,11,12)/t2-,3+,4+,5-,6?/m1/s1. The van der Waals surface area contributed by atoms with Crippen LogP contribution in [0.4, 0.5) is 0 Å². The fourth-order valence-corrected chi connectivity index (χ4v) is 1.61.